The van der Waals surface area contributed by atoms with Crippen molar-refractivity contribution in [3.05, 3.63) is 109 Å². The van der Waals surface area contributed by atoms with Crippen molar-refractivity contribution < 1.29 is 28.6 Å². The second kappa shape index (κ2) is 59.6. The van der Waals surface area contributed by atoms with E-state index >= 15 is 0 Å². The summed E-state index contributed by atoms with van der Waals surface area (Å²) in [5.41, 5.74) is 0. The van der Waals surface area contributed by atoms with Crippen LogP contribution in [0.1, 0.15) is 271 Å². The molecule has 0 aliphatic heterocycles. The Bertz CT molecular complexity index is 1470. The number of rotatable bonds is 53. The molecule has 0 saturated heterocycles. The molecule has 0 aliphatic rings. The van der Waals surface area contributed by atoms with Gasteiger partial charge in [0.15, 0.2) is 6.10 Å². The van der Waals surface area contributed by atoms with Crippen LogP contribution < -0.4 is 0 Å². The molecule has 0 saturated carbocycles. The monoisotopic (exact) mass is 999 g/mol. The van der Waals surface area contributed by atoms with E-state index in [1.807, 2.05) is 0 Å². The van der Waals surface area contributed by atoms with Gasteiger partial charge in [0.05, 0.1) is 0 Å². The summed E-state index contributed by atoms with van der Waals surface area (Å²) in [6.45, 7) is 6.44. The molecular formula is C66H110O6. The lowest BCUT2D eigenvalue weighted by molar-refractivity contribution is -0.167. The smallest absolute Gasteiger partial charge is 0.306 e. The van der Waals surface area contributed by atoms with E-state index in [9.17, 15) is 14.4 Å². The summed E-state index contributed by atoms with van der Waals surface area (Å²) >= 11 is 0. The van der Waals surface area contributed by atoms with Crippen molar-refractivity contribution in [2.24, 2.45) is 0 Å². The Morgan fingerprint density at radius 1 is 0.292 bits per heavy atom. The van der Waals surface area contributed by atoms with Crippen molar-refractivity contribution in [2.45, 2.75) is 277 Å². The predicted octanol–water partition coefficient (Wildman–Crippen LogP) is 20.3. The van der Waals surface area contributed by atoms with Crippen molar-refractivity contribution in [2.75, 3.05) is 13.2 Å². The van der Waals surface area contributed by atoms with E-state index in [0.29, 0.717) is 19.3 Å². The average Bonchev–Trinajstić information content (AvgIpc) is 3.38. The van der Waals surface area contributed by atoms with Crippen molar-refractivity contribution in [1.82, 2.24) is 0 Å². The highest BCUT2D eigenvalue weighted by Crippen LogP contribution is 2.14. The first-order chi connectivity index (χ1) is 35.5. The summed E-state index contributed by atoms with van der Waals surface area (Å²) in [7, 11) is 0. The van der Waals surface area contributed by atoms with Gasteiger partial charge in [-0.25, -0.2) is 0 Å². The number of carbonyl (C=O) groups excluding carboxylic acids is 3. The largest absolute Gasteiger partial charge is 0.462 e. The summed E-state index contributed by atoms with van der Waals surface area (Å²) in [6.07, 6.45) is 80.8. The summed E-state index contributed by atoms with van der Waals surface area (Å²) in [5.74, 6) is -0.979. The minimum absolute atomic E-state index is 0.105. The molecule has 0 radical (unpaired) electrons. The molecule has 6 nitrogen and oxygen atoms in total. The molecule has 1 unspecified atom stereocenters. The van der Waals surface area contributed by atoms with Crippen LogP contribution in [0.25, 0.3) is 0 Å². The summed E-state index contributed by atoms with van der Waals surface area (Å²) in [4.78, 5) is 38.2. The lowest BCUT2D eigenvalue weighted by atomic mass is 10.1. The van der Waals surface area contributed by atoms with Crippen LogP contribution in [-0.4, -0.2) is 37.2 Å². The maximum absolute atomic E-state index is 12.9. The van der Waals surface area contributed by atoms with E-state index in [-0.39, 0.29) is 37.5 Å². The van der Waals surface area contributed by atoms with Gasteiger partial charge in [0.25, 0.3) is 0 Å². The Morgan fingerprint density at radius 3 is 0.944 bits per heavy atom. The second-order valence-corrected chi connectivity index (χ2v) is 19.5. The highest BCUT2D eigenvalue weighted by molar-refractivity contribution is 5.71. The lowest BCUT2D eigenvalue weighted by Crippen LogP contribution is -2.30. The van der Waals surface area contributed by atoms with Gasteiger partial charge in [-0.3, -0.25) is 14.4 Å². The summed E-state index contributed by atoms with van der Waals surface area (Å²) < 4.78 is 16.8. The van der Waals surface area contributed by atoms with Crippen LogP contribution in [-0.2, 0) is 28.6 Å². The van der Waals surface area contributed by atoms with Gasteiger partial charge in [0.1, 0.15) is 13.2 Å². The van der Waals surface area contributed by atoms with Gasteiger partial charge in [-0.05, 0) is 122 Å². The van der Waals surface area contributed by atoms with Crippen LogP contribution in [0.5, 0.6) is 0 Å². The van der Waals surface area contributed by atoms with Crippen LogP contribution >= 0.6 is 0 Å². The fraction of sp³-hybridized carbons (Fsp3) is 0.682. The topological polar surface area (TPSA) is 78.9 Å². The first-order valence-corrected chi connectivity index (χ1v) is 29.9. The van der Waals surface area contributed by atoms with Crippen molar-refractivity contribution in [3.8, 4) is 0 Å². The molecule has 0 amide bonds. The molecule has 0 fully saturated rings. The quantitative estimate of drug-likeness (QED) is 0.0261. The van der Waals surface area contributed by atoms with Crippen molar-refractivity contribution in [3.63, 3.8) is 0 Å². The van der Waals surface area contributed by atoms with Gasteiger partial charge in [0, 0.05) is 19.3 Å². The molecule has 72 heavy (non-hydrogen) atoms. The van der Waals surface area contributed by atoms with E-state index in [1.54, 1.807) is 0 Å². The second-order valence-electron chi connectivity index (χ2n) is 19.5. The Hall–Kier alpha value is -3.93. The summed E-state index contributed by atoms with van der Waals surface area (Å²) in [6, 6.07) is 0. The van der Waals surface area contributed by atoms with Gasteiger partial charge in [-0.15, -0.1) is 0 Å². The van der Waals surface area contributed by atoms with Gasteiger partial charge >= 0.3 is 17.9 Å². The van der Waals surface area contributed by atoms with Crippen LogP contribution in [0.2, 0.25) is 0 Å². The third kappa shape index (κ3) is 57.0. The Labute approximate surface area is 444 Å². The minimum Gasteiger partial charge on any atom is -0.462 e. The van der Waals surface area contributed by atoms with E-state index in [4.69, 9.17) is 14.2 Å². The minimum atomic E-state index is -0.812. The molecule has 0 aromatic heterocycles. The molecule has 0 rings (SSSR count). The van der Waals surface area contributed by atoms with Crippen molar-refractivity contribution in [1.29, 1.82) is 0 Å². The third-order valence-corrected chi connectivity index (χ3v) is 12.5. The number of hydrogen-bond acceptors (Lipinski definition) is 6. The average molecular weight is 1000 g/mol. The number of esters is 3. The lowest BCUT2D eigenvalue weighted by Gasteiger charge is -2.18. The molecule has 0 bridgehead atoms. The summed E-state index contributed by atoms with van der Waals surface area (Å²) in [5, 5.41) is 0. The molecular weight excluding hydrogens is 889 g/mol. The fourth-order valence-electron chi connectivity index (χ4n) is 8.01. The van der Waals surface area contributed by atoms with E-state index in [1.165, 1.54) is 122 Å². The van der Waals surface area contributed by atoms with Gasteiger partial charge in [-0.2, -0.15) is 0 Å². The van der Waals surface area contributed by atoms with Crippen LogP contribution in [0, 0.1) is 0 Å². The van der Waals surface area contributed by atoms with Crippen molar-refractivity contribution >= 4 is 17.9 Å². The number of ether oxygens (including phenoxy) is 3. The van der Waals surface area contributed by atoms with E-state index in [2.05, 4.69) is 130 Å². The maximum Gasteiger partial charge on any atom is 0.306 e. The van der Waals surface area contributed by atoms with Gasteiger partial charge in [-0.1, -0.05) is 239 Å². The molecule has 0 aromatic carbocycles. The highest BCUT2D eigenvalue weighted by Gasteiger charge is 2.19. The highest BCUT2D eigenvalue weighted by atomic mass is 16.6. The number of hydrogen-bond donors (Lipinski definition) is 0. The normalized spacial score (nSPS) is 12.9. The molecule has 0 aliphatic carbocycles. The van der Waals surface area contributed by atoms with Gasteiger partial charge in [0.2, 0.25) is 0 Å². The molecule has 0 spiro atoms. The molecule has 410 valence electrons. The van der Waals surface area contributed by atoms with Crippen LogP contribution in [0.15, 0.2) is 109 Å². The predicted molar refractivity (Wildman–Crippen MR) is 311 cm³/mol. The first-order valence-electron chi connectivity index (χ1n) is 29.9. The molecule has 0 heterocycles. The van der Waals surface area contributed by atoms with E-state index in [0.717, 1.165) is 103 Å². The van der Waals surface area contributed by atoms with E-state index < -0.39 is 6.10 Å². The Morgan fingerprint density at radius 2 is 0.556 bits per heavy atom. The zero-order chi connectivity index (χ0) is 52.2. The molecule has 0 N–H and O–H groups in total. The zero-order valence-electron chi connectivity index (χ0n) is 46.9. The molecule has 1 atom stereocenters. The fourth-order valence-corrected chi connectivity index (χ4v) is 8.01. The molecule has 0 aromatic rings. The van der Waals surface area contributed by atoms with Gasteiger partial charge < -0.3 is 14.2 Å². The Kier molecular flexibility index (Phi) is 56.4. The third-order valence-electron chi connectivity index (χ3n) is 12.5. The Balaban J connectivity index is 4.50. The maximum atomic E-state index is 12.9. The standard InChI is InChI=1S/C66H110O6/c1-4-7-10-13-16-19-22-25-28-31-33-36-38-41-44-47-50-53-56-59-65(68)71-62-63(61-70-64(67)58-55-52-49-46-43-40-37-34-30-27-24-21-18-15-12-9-6-3)72-66(69)60-57-54-51-48-45-42-39-35-32-29-26-23-20-17-14-11-8-5-2/h9,12,16,18-19,21,25,27-30,32-33,36-37,40,46,49,63H,4-8,10-11,13-15,17,20,22-24,26,31,34-35,38-39,41-45,47-48,50-62H2,1-3H3/b12-9-,19-16-,21-18-,28-25-,30-27-,32-29-,36-33-,40-37-,49-46-. The number of allylic oxidation sites excluding steroid dienone is 18. The zero-order valence-corrected chi connectivity index (χ0v) is 46.9. The van der Waals surface area contributed by atoms with Crippen LogP contribution in [0.3, 0.4) is 0 Å². The van der Waals surface area contributed by atoms with Crippen LogP contribution in [0.4, 0.5) is 0 Å². The molecule has 6 heteroatoms. The first kappa shape index (κ1) is 68.1. The number of carbonyl (C=O) groups is 3. The number of unbranched alkanes of at least 4 members (excludes halogenated alkanes) is 24. The SMILES string of the molecule is CC/C=C\C/C=C\C/C=C\C/C=C\C/C=C\CCCC(=O)OCC(COC(=O)CCCCCCCC/C=C\C/C=C\C/C=C\CCCCC)OC(=O)CCCCCCCCC/C=C\CCCCCCCCC.